The highest BCUT2D eigenvalue weighted by molar-refractivity contribution is 5.69. The van der Waals surface area contributed by atoms with Crippen molar-refractivity contribution in [2.75, 3.05) is 6.61 Å². The summed E-state index contributed by atoms with van der Waals surface area (Å²) in [4.78, 5) is 11.5. The van der Waals surface area contributed by atoms with Crippen molar-refractivity contribution in [2.45, 2.75) is 123 Å². The van der Waals surface area contributed by atoms with E-state index in [1.165, 1.54) is 44.9 Å². The number of aliphatic hydroxyl groups is 1. The third-order valence-electron chi connectivity index (χ3n) is 4.64. The van der Waals surface area contributed by atoms with Crippen molar-refractivity contribution < 1.29 is 14.6 Å². The molecule has 0 saturated heterocycles. The van der Waals surface area contributed by atoms with Crippen molar-refractivity contribution in [3.05, 3.63) is 0 Å². The van der Waals surface area contributed by atoms with Crippen molar-refractivity contribution in [3.8, 4) is 0 Å². The first kappa shape index (κ1) is 24.4. The predicted molar refractivity (Wildman–Crippen MR) is 107 cm³/mol. The van der Waals surface area contributed by atoms with E-state index in [-0.39, 0.29) is 12.1 Å². The molecule has 3 nitrogen and oxygen atoms in total. The number of unbranched alkanes of at least 4 members (excludes halogenated alkanes) is 10. The number of carbonyl (C=O) groups excluding carboxylic acids is 1. The van der Waals surface area contributed by atoms with Gasteiger partial charge in [-0.3, -0.25) is 4.79 Å². The fourth-order valence-electron chi connectivity index (χ4n) is 2.99. The second-order valence-corrected chi connectivity index (χ2v) is 7.95. The molecule has 1 unspecified atom stereocenters. The molecular weight excluding hydrogens is 312 g/mol. The summed E-state index contributed by atoms with van der Waals surface area (Å²) < 4.78 is 5.16. The van der Waals surface area contributed by atoms with Gasteiger partial charge in [-0.1, -0.05) is 91.4 Å². The van der Waals surface area contributed by atoms with Crippen LogP contribution in [0, 0.1) is 5.92 Å². The fraction of sp³-hybridized carbons (Fsp3) is 0.955. The summed E-state index contributed by atoms with van der Waals surface area (Å²) >= 11 is 0. The number of aliphatic hydroxyl groups excluding tert-OH is 1. The van der Waals surface area contributed by atoms with Crippen LogP contribution in [0.3, 0.4) is 0 Å². The Morgan fingerprint density at radius 1 is 0.800 bits per heavy atom. The number of hydrogen-bond acceptors (Lipinski definition) is 3. The van der Waals surface area contributed by atoms with E-state index in [0.717, 1.165) is 44.9 Å². The predicted octanol–water partition coefficient (Wildman–Crippen LogP) is 6.42. The van der Waals surface area contributed by atoms with Gasteiger partial charge in [-0.15, -0.1) is 0 Å². The average molecular weight is 357 g/mol. The lowest BCUT2D eigenvalue weighted by Crippen LogP contribution is -2.09. The maximum absolute atomic E-state index is 11.5. The van der Waals surface area contributed by atoms with Gasteiger partial charge in [0.2, 0.25) is 0 Å². The van der Waals surface area contributed by atoms with E-state index in [1.54, 1.807) is 0 Å². The van der Waals surface area contributed by atoms with Crippen LogP contribution in [0.5, 0.6) is 0 Å². The Labute approximate surface area is 156 Å². The van der Waals surface area contributed by atoms with Crippen LogP contribution < -0.4 is 0 Å². The smallest absolute Gasteiger partial charge is 0.305 e. The SMILES string of the molecule is CCCCCCCCCCC(O)CCCCCCC(=O)OCC(C)C. The lowest BCUT2D eigenvalue weighted by atomic mass is 10.0. The third kappa shape index (κ3) is 19.6. The van der Waals surface area contributed by atoms with E-state index in [4.69, 9.17) is 4.74 Å². The van der Waals surface area contributed by atoms with Crippen LogP contribution >= 0.6 is 0 Å². The van der Waals surface area contributed by atoms with Crippen molar-refractivity contribution in [2.24, 2.45) is 5.92 Å². The van der Waals surface area contributed by atoms with Crippen molar-refractivity contribution in [1.82, 2.24) is 0 Å². The maximum atomic E-state index is 11.5. The number of hydrogen-bond donors (Lipinski definition) is 1. The molecule has 0 bridgehead atoms. The van der Waals surface area contributed by atoms with Crippen LogP contribution in [0.4, 0.5) is 0 Å². The van der Waals surface area contributed by atoms with Gasteiger partial charge in [0, 0.05) is 6.42 Å². The summed E-state index contributed by atoms with van der Waals surface area (Å²) in [7, 11) is 0. The highest BCUT2D eigenvalue weighted by atomic mass is 16.5. The molecule has 0 heterocycles. The van der Waals surface area contributed by atoms with E-state index in [1.807, 2.05) is 13.8 Å². The molecule has 0 aliphatic rings. The van der Waals surface area contributed by atoms with Crippen molar-refractivity contribution >= 4 is 5.97 Å². The van der Waals surface area contributed by atoms with Crippen LogP contribution in [0.25, 0.3) is 0 Å². The molecule has 1 atom stereocenters. The first-order valence-electron chi connectivity index (χ1n) is 10.9. The first-order valence-corrected chi connectivity index (χ1v) is 10.9. The minimum Gasteiger partial charge on any atom is -0.465 e. The minimum absolute atomic E-state index is 0.0663. The Morgan fingerprint density at radius 3 is 1.80 bits per heavy atom. The average Bonchev–Trinajstić information content (AvgIpc) is 2.58. The second kappa shape index (κ2) is 18.2. The van der Waals surface area contributed by atoms with Crippen molar-refractivity contribution in [3.63, 3.8) is 0 Å². The van der Waals surface area contributed by atoms with Crippen molar-refractivity contribution in [1.29, 1.82) is 0 Å². The standard InChI is InChI=1S/C22H44O3/c1-4-5-6-7-8-9-10-13-16-21(23)17-14-11-12-15-18-22(24)25-19-20(2)3/h20-21,23H,4-19H2,1-3H3. The number of esters is 1. The second-order valence-electron chi connectivity index (χ2n) is 7.95. The Kier molecular flexibility index (Phi) is 17.8. The fourth-order valence-corrected chi connectivity index (χ4v) is 2.99. The topological polar surface area (TPSA) is 46.5 Å². The molecule has 150 valence electrons. The largest absolute Gasteiger partial charge is 0.465 e. The highest BCUT2D eigenvalue weighted by Gasteiger charge is 2.06. The van der Waals surface area contributed by atoms with E-state index in [2.05, 4.69) is 6.92 Å². The van der Waals surface area contributed by atoms with E-state index >= 15 is 0 Å². The van der Waals surface area contributed by atoms with Crippen LogP contribution in [0.15, 0.2) is 0 Å². The van der Waals surface area contributed by atoms with Gasteiger partial charge in [-0.05, 0) is 25.2 Å². The Bertz CT molecular complexity index is 289. The van der Waals surface area contributed by atoms with Crippen LogP contribution in [0.2, 0.25) is 0 Å². The molecule has 0 fully saturated rings. The van der Waals surface area contributed by atoms with E-state index in [9.17, 15) is 9.90 Å². The Hall–Kier alpha value is -0.570. The summed E-state index contributed by atoms with van der Waals surface area (Å²) in [6, 6.07) is 0. The van der Waals surface area contributed by atoms with Gasteiger partial charge in [-0.25, -0.2) is 0 Å². The molecule has 0 rings (SSSR count). The molecule has 0 aromatic rings. The molecule has 0 aromatic carbocycles. The molecule has 0 saturated carbocycles. The molecule has 1 N–H and O–H groups in total. The number of ether oxygens (including phenoxy) is 1. The van der Waals surface area contributed by atoms with Gasteiger partial charge >= 0.3 is 5.97 Å². The molecule has 0 radical (unpaired) electrons. The van der Waals surface area contributed by atoms with Gasteiger partial charge in [0.15, 0.2) is 0 Å². The number of rotatable bonds is 18. The van der Waals surface area contributed by atoms with Gasteiger partial charge < -0.3 is 9.84 Å². The summed E-state index contributed by atoms with van der Waals surface area (Å²) in [5, 5.41) is 10.0. The van der Waals surface area contributed by atoms with Gasteiger partial charge in [-0.2, -0.15) is 0 Å². The van der Waals surface area contributed by atoms with Gasteiger partial charge in [0.25, 0.3) is 0 Å². The van der Waals surface area contributed by atoms with Crippen LogP contribution in [0.1, 0.15) is 117 Å². The zero-order chi connectivity index (χ0) is 18.8. The Balaban J connectivity index is 3.27. The molecule has 0 spiro atoms. The monoisotopic (exact) mass is 356 g/mol. The van der Waals surface area contributed by atoms with E-state index < -0.39 is 0 Å². The molecule has 0 aliphatic heterocycles. The van der Waals surface area contributed by atoms with Crippen LogP contribution in [-0.2, 0) is 9.53 Å². The molecule has 25 heavy (non-hydrogen) atoms. The Morgan fingerprint density at radius 2 is 1.28 bits per heavy atom. The quantitative estimate of drug-likeness (QED) is 0.228. The summed E-state index contributed by atoms with van der Waals surface area (Å²) in [6.07, 6.45) is 17.0. The first-order chi connectivity index (χ1) is 12.1. The zero-order valence-electron chi connectivity index (χ0n) is 17.2. The maximum Gasteiger partial charge on any atom is 0.305 e. The molecule has 3 heteroatoms. The summed E-state index contributed by atoms with van der Waals surface area (Å²) in [5.74, 6) is 0.343. The van der Waals surface area contributed by atoms with Crippen LogP contribution in [-0.4, -0.2) is 23.8 Å². The summed E-state index contributed by atoms with van der Waals surface area (Å²) in [6.45, 7) is 6.88. The molecule has 0 aliphatic carbocycles. The lowest BCUT2D eigenvalue weighted by Gasteiger charge is -2.10. The number of carbonyl (C=O) groups is 1. The molecular formula is C22H44O3. The normalized spacial score (nSPS) is 12.5. The zero-order valence-corrected chi connectivity index (χ0v) is 17.2. The lowest BCUT2D eigenvalue weighted by molar-refractivity contribution is -0.144. The molecule has 0 amide bonds. The van der Waals surface area contributed by atoms with E-state index in [0.29, 0.717) is 18.9 Å². The minimum atomic E-state index is -0.129. The summed E-state index contributed by atoms with van der Waals surface area (Å²) in [5.41, 5.74) is 0. The highest BCUT2D eigenvalue weighted by Crippen LogP contribution is 2.14. The van der Waals surface area contributed by atoms with Gasteiger partial charge in [0.1, 0.15) is 0 Å². The third-order valence-corrected chi connectivity index (χ3v) is 4.64. The molecule has 0 aromatic heterocycles. The van der Waals surface area contributed by atoms with Gasteiger partial charge in [0.05, 0.1) is 12.7 Å².